The topological polar surface area (TPSA) is 117 Å². The molecule has 1 aliphatic rings. The number of aromatic nitrogens is 2. The average Bonchev–Trinajstić information content (AvgIpc) is 2.68. The van der Waals surface area contributed by atoms with E-state index < -0.39 is 44.1 Å². The van der Waals surface area contributed by atoms with Crippen molar-refractivity contribution in [3.8, 4) is 0 Å². The van der Waals surface area contributed by atoms with E-state index in [0.717, 1.165) is 12.9 Å². The zero-order valence-electron chi connectivity index (χ0n) is 12.9. The van der Waals surface area contributed by atoms with E-state index in [1.54, 1.807) is 0 Å². The van der Waals surface area contributed by atoms with E-state index in [-0.39, 0.29) is 12.2 Å². The molecular formula is C13H18F2N3O5P. The second kappa shape index (κ2) is 6.36. The van der Waals surface area contributed by atoms with Crippen LogP contribution in [-0.2, 0) is 13.8 Å². The molecule has 134 valence electrons. The molecule has 0 spiro atoms. The first kappa shape index (κ1) is 18.7. The number of halogens is 2. The van der Waals surface area contributed by atoms with Gasteiger partial charge < -0.3 is 19.9 Å². The molecule has 1 saturated heterocycles. The van der Waals surface area contributed by atoms with E-state index in [4.69, 9.17) is 15.0 Å². The van der Waals surface area contributed by atoms with E-state index >= 15 is 0 Å². The molecular weight excluding hydrogens is 347 g/mol. The smallest absolute Gasteiger partial charge is 0.351 e. The number of hydrogen-bond donors (Lipinski definition) is 2. The molecule has 0 saturated carbocycles. The van der Waals surface area contributed by atoms with E-state index in [2.05, 4.69) is 11.6 Å². The first-order valence-corrected chi connectivity index (χ1v) is 8.96. The maximum atomic E-state index is 14.4. The van der Waals surface area contributed by atoms with Crippen molar-refractivity contribution in [3.63, 3.8) is 0 Å². The van der Waals surface area contributed by atoms with Crippen LogP contribution in [0.4, 0.5) is 14.6 Å². The Bertz CT molecular complexity index is 735. The summed E-state index contributed by atoms with van der Waals surface area (Å²) in [5, 5.41) is 0. The molecule has 3 unspecified atom stereocenters. The highest BCUT2D eigenvalue weighted by Crippen LogP contribution is 2.50. The van der Waals surface area contributed by atoms with Crippen LogP contribution < -0.4 is 11.4 Å². The Hall–Kier alpha value is -1.61. The summed E-state index contributed by atoms with van der Waals surface area (Å²) in [6.07, 6.45) is -0.408. The van der Waals surface area contributed by atoms with Gasteiger partial charge in [0.2, 0.25) is 6.23 Å². The molecule has 1 fully saturated rings. The van der Waals surface area contributed by atoms with Crippen LogP contribution >= 0.6 is 7.60 Å². The van der Waals surface area contributed by atoms with Gasteiger partial charge in [-0.15, -0.1) is 6.58 Å². The fourth-order valence-electron chi connectivity index (χ4n) is 2.51. The van der Waals surface area contributed by atoms with Gasteiger partial charge in [-0.3, -0.25) is 9.13 Å². The van der Waals surface area contributed by atoms with Crippen molar-refractivity contribution in [2.24, 2.45) is 0 Å². The number of rotatable bonds is 6. The van der Waals surface area contributed by atoms with Gasteiger partial charge in [0.05, 0.1) is 6.61 Å². The van der Waals surface area contributed by atoms with Gasteiger partial charge in [0.25, 0.3) is 5.92 Å². The molecule has 2 heterocycles. The Morgan fingerprint density at radius 3 is 2.92 bits per heavy atom. The molecule has 0 aromatic carbocycles. The van der Waals surface area contributed by atoms with Gasteiger partial charge >= 0.3 is 13.3 Å². The molecule has 3 N–H and O–H groups in total. The van der Waals surface area contributed by atoms with Gasteiger partial charge in [0.15, 0.2) is 0 Å². The minimum Gasteiger partial charge on any atom is -0.383 e. The lowest BCUT2D eigenvalue weighted by molar-refractivity contribution is -0.141. The molecule has 0 aliphatic carbocycles. The number of anilines is 1. The van der Waals surface area contributed by atoms with E-state index in [1.165, 1.54) is 12.1 Å². The summed E-state index contributed by atoms with van der Waals surface area (Å²) in [7, 11) is -3.89. The normalized spacial score (nSPS) is 28.4. The van der Waals surface area contributed by atoms with Crippen LogP contribution in [0.2, 0.25) is 0 Å². The molecule has 8 nitrogen and oxygen atoms in total. The number of nitrogen functional groups attached to an aromatic ring is 1. The summed E-state index contributed by atoms with van der Waals surface area (Å²) >= 11 is 0. The minimum atomic E-state index is -3.89. The largest absolute Gasteiger partial charge is 0.383 e. The Morgan fingerprint density at radius 1 is 1.71 bits per heavy atom. The number of alkyl halides is 2. The molecule has 0 amide bonds. The summed E-state index contributed by atoms with van der Waals surface area (Å²) in [5.74, 6) is -3.54. The lowest BCUT2D eigenvalue weighted by Crippen LogP contribution is -2.36. The zero-order chi connectivity index (χ0) is 18.2. The number of ether oxygens (including phenoxy) is 1. The first-order valence-electron chi connectivity index (χ1n) is 6.94. The zero-order valence-corrected chi connectivity index (χ0v) is 13.8. The van der Waals surface area contributed by atoms with E-state index in [9.17, 15) is 23.0 Å². The van der Waals surface area contributed by atoms with Crippen LogP contribution in [0.3, 0.4) is 0 Å². The van der Waals surface area contributed by atoms with E-state index in [0.29, 0.717) is 4.57 Å². The first-order chi connectivity index (χ1) is 11.0. The maximum Gasteiger partial charge on any atom is 0.351 e. The van der Waals surface area contributed by atoms with Crippen LogP contribution in [0.1, 0.15) is 19.1 Å². The van der Waals surface area contributed by atoms with Crippen LogP contribution in [0.5, 0.6) is 0 Å². The van der Waals surface area contributed by atoms with Crippen molar-refractivity contribution in [1.82, 2.24) is 9.55 Å². The summed E-state index contributed by atoms with van der Waals surface area (Å²) in [6, 6.07) is 1.19. The highest BCUT2D eigenvalue weighted by molar-refractivity contribution is 7.51. The predicted octanol–water partition coefficient (Wildman–Crippen LogP) is 1.53. The molecule has 0 radical (unpaired) electrons. The number of nitrogens with two attached hydrogens (primary N) is 1. The van der Waals surface area contributed by atoms with Gasteiger partial charge in [0.1, 0.15) is 11.4 Å². The molecule has 1 aromatic rings. The fourth-order valence-corrected chi connectivity index (χ4v) is 2.99. The summed E-state index contributed by atoms with van der Waals surface area (Å²) in [4.78, 5) is 24.5. The third kappa shape index (κ3) is 4.07. The Labute approximate surface area is 136 Å². The molecule has 1 aromatic heterocycles. The van der Waals surface area contributed by atoms with Crippen molar-refractivity contribution in [2.75, 3.05) is 19.0 Å². The average molecular weight is 365 g/mol. The van der Waals surface area contributed by atoms with Crippen LogP contribution in [0.15, 0.2) is 29.7 Å². The van der Waals surface area contributed by atoms with Gasteiger partial charge in [-0.1, -0.05) is 6.08 Å². The Balaban J connectivity index is 2.36. The van der Waals surface area contributed by atoms with Crippen LogP contribution in [0.25, 0.3) is 0 Å². The lowest BCUT2D eigenvalue weighted by atomic mass is 9.95. The van der Waals surface area contributed by atoms with Crippen molar-refractivity contribution < 1.29 is 27.5 Å². The molecule has 0 bridgehead atoms. The summed E-state index contributed by atoms with van der Waals surface area (Å²) in [6.45, 7) is 3.87. The predicted molar refractivity (Wildman–Crippen MR) is 81.8 cm³/mol. The monoisotopic (exact) mass is 365 g/mol. The summed E-state index contributed by atoms with van der Waals surface area (Å²) in [5.41, 5.74) is 2.77. The quantitative estimate of drug-likeness (QED) is 0.580. The van der Waals surface area contributed by atoms with Crippen molar-refractivity contribution in [2.45, 2.75) is 30.6 Å². The van der Waals surface area contributed by atoms with Gasteiger partial charge in [-0.25, -0.2) is 13.6 Å². The lowest BCUT2D eigenvalue weighted by Gasteiger charge is -2.27. The second-order valence-electron chi connectivity index (χ2n) is 5.70. The maximum absolute atomic E-state index is 14.4. The van der Waals surface area contributed by atoms with Gasteiger partial charge in [-0.2, -0.15) is 4.98 Å². The highest BCUT2D eigenvalue weighted by Gasteiger charge is 2.59. The van der Waals surface area contributed by atoms with Crippen LogP contribution in [0, 0.1) is 0 Å². The molecule has 11 heteroatoms. The molecule has 1 aliphatic heterocycles. The second-order valence-corrected chi connectivity index (χ2v) is 7.57. The van der Waals surface area contributed by atoms with Crippen LogP contribution in [-0.4, -0.2) is 39.2 Å². The molecule has 3 atom stereocenters. The minimum absolute atomic E-state index is 0.0593. The fraction of sp³-hybridized carbons (Fsp3) is 0.538. The van der Waals surface area contributed by atoms with Crippen molar-refractivity contribution >= 4 is 13.4 Å². The third-order valence-electron chi connectivity index (χ3n) is 3.47. The highest BCUT2D eigenvalue weighted by atomic mass is 31.2. The number of hydrogen-bond acceptors (Lipinski definition) is 6. The van der Waals surface area contributed by atoms with Gasteiger partial charge in [-0.05, 0) is 12.5 Å². The standard InChI is InChI=1S/C13H18F2N3O5P/c1-3-5-12(8-22-24(2,20)21)7-13(14,15)10(23-12)18-6-4-9(16)17-11(18)19/h3-4,6,10H,1,5,7-8H2,2H3,(H,20,21)(H2,16,17,19). The van der Waals surface area contributed by atoms with Crippen molar-refractivity contribution in [3.05, 3.63) is 35.4 Å². The molecule has 24 heavy (non-hydrogen) atoms. The Morgan fingerprint density at radius 2 is 2.38 bits per heavy atom. The molecule has 2 rings (SSSR count). The number of nitrogens with zero attached hydrogens (tertiary/aromatic N) is 2. The summed E-state index contributed by atoms with van der Waals surface area (Å²) < 4.78 is 51.0. The van der Waals surface area contributed by atoms with Crippen molar-refractivity contribution in [1.29, 1.82) is 0 Å². The van der Waals surface area contributed by atoms with E-state index in [1.807, 2.05) is 0 Å². The van der Waals surface area contributed by atoms with Gasteiger partial charge in [0, 0.05) is 19.3 Å². The third-order valence-corrected chi connectivity index (χ3v) is 4.08. The Kier molecular flexibility index (Phi) is 4.96. The SMILES string of the molecule is C=CCC1(COP(C)(=O)O)CC(F)(F)C(n2ccc(N)nc2=O)O1.